The van der Waals surface area contributed by atoms with E-state index in [0.29, 0.717) is 23.9 Å². The van der Waals surface area contributed by atoms with E-state index in [4.69, 9.17) is 5.73 Å². The minimum Gasteiger partial charge on any atom is -0.353 e. The van der Waals surface area contributed by atoms with Crippen LogP contribution in [0.15, 0.2) is 0 Å². The van der Waals surface area contributed by atoms with Gasteiger partial charge in [0.1, 0.15) is 0 Å². The number of amides is 1. The second-order valence-corrected chi connectivity index (χ2v) is 6.61. The van der Waals surface area contributed by atoms with Crippen LogP contribution in [0.2, 0.25) is 0 Å². The van der Waals surface area contributed by atoms with Gasteiger partial charge in [0.2, 0.25) is 5.91 Å². The second kappa shape index (κ2) is 7.28. The molecule has 2 atom stereocenters. The van der Waals surface area contributed by atoms with E-state index in [1.807, 2.05) is 0 Å². The molecule has 0 heterocycles. The lowest BCUT2D eigenvalue weighted by molar-refractivity contribution is -0.123. The number of carbonyl (C=O) groups is 1. The third kappa shape index (κ3) is 4.48. The molecule has 110 valence electrons. The molecule has 2 aliphatic rings. The molecule has 0 spiro atoms. The van der Waals surface area contributed by atoms with Gasteiger partial charge in [0.25, 0.3) is 0 Å². The Morgan fingerprint density at radius 2 is 1.79 bits per heavy atom. The lowest BCUT2D eigenvalue weighted by Crippen LogP contribution is -2.42. The Morgan fingerprint density at radius 1 is 1.11 bits per heavy atom. The highest BCUT2D eigenvalue weighted by Crippen LogP contribution is 2.28. The van der Waals surface area contributed by atoms with Gasteiger partial charge in [-0.2, -0.15) is 0 Å². The van der Waals surface area contributed by atoms with Gasteiger partial charge >= 0.3 is 0 Å². The number of carbonyl (C=O) groups excluding carboxylic acids is 1. The maximum absolute atomic E-state index is 12.2. The summed E-state index contributed by atoms with van der Waals surface area (Å²) in [6, 6.07) is 0.819. The first-order valence-corrected chi connectivity index (χ1v) is 8.24. The Kier molecular flexibility index (Phi) is 5.68. The molecular weight excluding hydrogens is 236 g/mol. The van der Waals surface area contributed by atoms with Crippen LogP contribution >= 0.6 is 0 Å². The van der Waals surface area contributed by atoms with Gasteiger partial charge in [-0.25, -0.2) is 0 Å². The summed E-state index contributed by atoms with van der Waals surface area (Å²) in [5, 5.41) is 3.31. The Labute approximate surface area is 117 Å². The summed E-state index contributed by atoms with van der Waals surface area (Å²) in [6.45, 7) is 2.25. The smallest absolute Gasteiger partial charge is 0.220 e. The monoisotopic (exact) mass is 266 g/mol. The molecule has 0 bridgehead atoms. The largest absolute Gasteiger partial charge is 0.353 e. The maximum atomic E-state index is 12.2. The summed E-state index contributed by atoms with van der Waals surface area (Å²) in [6.07, 6.45) is 11.5. The second-order valence-electron chi connectivity index (χ2n) is 6.61. The third-order valence-electron chi connectivity index (χ3n) is 5.15. The summed E-state index contributed by atoms with van der Waals surface area (Å²) in [5.41, 5.74) is 5.91. The Hall–Kier alpha value is -0.570. The van der Waals surface area contributed by atoms with Crippen LogP contribution in [0, 0.1) is 11.8 Å². The van der Waals surface area contributed by atoms with E-state index in [1.54, 1.807) is 0 Å². The molecular formula is C16H30N2O. The van der Waals surface area contributed by atoms with Crippen molar-refractivity contribution in [2.45, 2.75) is 83.2 Å². The first kappa shape index (κ1) is 14.8. The molecule has 0 radical (unpaired) electrons. The minimum atomic E-state index is 0.283. The van der Waals surface area contributed by atoms with Gasteiger partial charge in [0, 0.05) is 18.5 Å². The summed E-state index contributed by atoms with van der Waals surface area (Å²) < 4.78 is 0. The minimum absolute atomic E-state index is 0.283. The van der Waals surface area contributed by atoms with E-state index in [2.05, 4.69) is 12.2 Å². The zero-order valence-electron chi connectivity index (χ0n) is 12.4. The van der Waals surface area contributed by atoms with Crippen LogP contribution in [0.5, 0.6) is 0 Å². The van der Waals surface area contributed by atoms with Gasteiger partial charge in [-0.3, -0.25) is 4.79 Å². The average Bonchev–Trinajstić information content (AvgIpc) is 2.42. The molecule has 3 nitrogen and oxygen atoms in total. The number of rotatable bonds is 4. The Balaban J connectivity index is 1.74. The zero-order valence-corrected chi connectivity index (χ0v) is 12.4. The molecule has 0 aliphatic heterocycles. The molecule has 2 fully saturated rings. The molecule has 1 amide bonds. The molecule has 3 heteroatoms. The van der Waals surface area contributed by atoms with E-state index in [0.717, 1.165) is 32.1 Å². The van der Waals surface area contributed by atoms with Crippen molar-refractivity contribution >= 4 is 5.91 Å². The van der Waals surface area contributed by atoms with Crippen molar-refractivity contribution < 1.29 is 4.79 Å². The van der Waals surface area contributed by atoms with E-state index < -0.39 is 0 Å². The molecule has 3 N–H and O–H groups in total. The molecule has 0 aromatic rings. The van der Waals surface area contributed by atoms with Gasteiger partial charge in [0.05, 0.1) is 0 Å². The number of nitrogens with two attached hydrogens (primary N) is 1. The normalized spacial score (nSPS) is 35.9. The van der Waals surface area contributed by atoms with Gasteiger partial charge in [-0.1, -0.05) is 26.2 Å². The maximum Gasteiger partial charge on any atom is 0.220 e. The summed E-state index contributed by atoms with van der Waals surface area (Å²) in [5.74, 6) is 1.56. The summed E-state index contributed by atoms with van der Waals surface area (Å²) >= 11 is 0. The molecule has 2 saturated carbocycles. The molecule has 2 unspecified atom stereocenters. The predicted octanol–water partition coefficient (Wildman–Crippen LogP) is 2.98. The molecule has 2 aliphatic carbocycles. The van der Waals surface area contributed by atoms with E-state index in [1.165, 1.54) is 32.1 Å². The number of hydrogen-bond acceptors (Lipinski definition) is 2. The van der Waals surface area contributed by atoms with Crippen molar-refractivity contribution in [3.63, 3.8) is 0 Å². The third-order valence-corrected chi connectivity index (χ3v) is 5.15. The van der Waals surface area contributed by atoms with Crippen LogP contribution in [0.3, 0.4) is 0 Å². The topological polar surface area (TPSA) is 55.1 Å². The van der Waals surface area contributed by atoms with Crippen LogP contribution in [0.25, 0.3) is 0 Å². The van der Waals surface area contributed by atoms with Crippen molar-refractivity contribution in [1.29, 1.82) is 0 Å². The van der Waals surface area contributed by atoms with Crippen molar-refractivity contribution in [1.82, 2.24) is 5.32 Å². The zero-order chi connectivity index (χ0) is 13.7. The Bertz CT molecular complexity index is 284. The first-order valence-electron chi connectivity index (χ1n) is 8.24. The van der Waals surface area contributed by atoms with Crippen LogP contribution in [0.4, 0.5) is 0 Å². The molecule has 19 heavy (non-hydrogen) atoms. The predicted molar refractivity (Wildman–Crippen MR) is 78.7 cm³/mol. The van der Waals surface area contributed by atoms with E-state index in [-0.39, 0.29) is 5.91 Å². The number of nitrogens with one attached hydrogen (secondary N) is 1. The van der Waals surface area contributed by atoms with E-state index in [9.17, 15) is 4.79 Å². The first-order chi connectivity index (χ1) is 9.19. The van der Waals surface area contributed by atoms with Crippen molar-refractivity contribution in [3.8, 4) is 0 Å². The van der Waals surface area contributed by atoms with Crippen molar-refractivity contribution in [3.05, 3.63) is 0 Å². The quantitative estimate of drug-likeness (QED) is 0.822. The molecule has 0 aromatic carbocycles. The lowest BCUT2D eigenvalue weighted by atomic mass is 9.82. The van der Waals surface area contributed by atoms with Crippen LogP contribution < -0.4 is 11.1 Å². The fourth-order valence-electron chi connectivity index (χ4n) is 3.81. The van der Waals surface area contributed by atoms with Gasteiger partial charge in [-0.05, 0) is 50.4 Å². The highest BCUT2D eigenvalue weighted by atomic mass is 16.1. The average molecular weight is 266 g/mol. The van der Waals surface area contributed by atoms with E-state index >= 15 is 0 Å². The van der Waals surface area contributed by atoms with Crippen molar-refractivity contribution in [2.75, 3.05) is 0 Å². The SMILES string of the molecule is CCC1CCCCC1NC(=O)CC1CCC(N)CC1. The van der Waals surface area contributed by atoms with Crippen LogP contribution in [0.1, 0.15) is 71.1 Å². The fourth-order valence-corrected chi connectivity index (χ4v) is 3.81. The van der Waals surface area contributed by atoms with Gasteiger partial charge in [0.15, 0.2) is 0 Å². The van der Waals surface area contributed by atoms with Crippen LogP contribution in [-0.2, 0) is 4.79 Å². The summed E-state index contributed by atoms with van der Waals surface area (Å²) in [4.78, 5) is 12.2. The van der Waals surface area contributed by atoms with Crippen LogP contribution in [-0.4, -0.2) is 18.0 Å². The fraction of sp³-hybridized carbons (Fsp3) is 0.938. The van der Waals surface area contributed by atoms with Gasteiger partial charge in [-0.15, -0.1) is 0 Å². The highest BCUT2D eigenvalue weighted by Gasteiger charge is 2.26. The van der Waals surface area contributed by atoms with Crippen molar-refractivity contribution in [2.24, 2.45) is 17.6 Å². The molecule has 0 aromatic heterocycles. The molecule has 0 saturated heterocycles. The summed E-state index contributed by atoms with van der Waals surface area (Å²) in [7, 11) is 0. The number of hydrogen-bond donors (Lipinski definition) is 2. The highest BCUT2D eigenvalue weighted by molar-refractivity contribution is 5.76. The van der Waals surface area contributed by atoms with Gasteiger partial charge < -0.3 is 11.1 Å². The standard InChI is InChI=1S/C16H30N2O/c1-2-13-5-3-4-6-15(13)18-16(19)11-12-7-9-14(17)10-8-12/h12-15H,2-11,17H2,1H3,(H,18,19). The Morgan fingerprint density at radius 3 is 2.47 bits per heavy atom. The molecule has 2 rings (SSSR count). The lowest BCUT2D eigenvalue weighted by Gasteiger charge is -2.32.